The van der Waals surface area contributed by atoms with Crippen molar-refractivity contribution in [3.8, 4) is 11.3 Å². The maximum Gasteiger partial charge on any atom is 0.338 e. The summed E-state index contributed by atoms with van der Waals surface area (Å²) in [5.74, 6) is 0.0480. The Morgan fingerprint density at radius 1 is 0.879 bits per heavy atom. The summed E-state index contributed by atoms with van der Waals surface area (Å²) >= 11 is 2.26. The molecule has 0 amide bonds. The van der Waals surface area contributed by atoms with Gasteiger partial charge in [-0.2, -0.15) is 0 Å². The molecule has 0 spiro atoms. The molecule has 3 aromatic carbocycles. The van der Waals surface area contributed by atoms with E-state index < -0.39 is 5.97 Å². The van der Waals surface area contributed by atoms with Crippen LogP contribution in [-0.2, 0) is 16.0 Å². The average molecular weight is 548 g/mol. The zero-order valence-electron chi connectivity index (χ0n) is 18.0. The summed E-state index contributed by atoms with van der Waals surface area (Å²) in [7, 11) is 1.30. The molecule has 5 heteroatoms. The molecule has 0 N–H and O–H groups in total. The molecule has 0 radical (unpaired) electrons. The van der Waals surface area contributed by atoms with Gasteiger partial charge in [0, 0.05) is 26.7 Å². The second kappa shape index (κ2) is 10.0. The van der Waals surface area contributed by atoms with E-state index in [1.165, 1.54) is 7.11 Å². The SMILES string of the molecule is C=C(C(=O)OC)c1c(Cc2ccccc2I)oc(-c2ccccc2)c1C(=O)c1ccccc1. The van der Waals surface area contributed by atoms with Gasteiger partial charge in [0.15, 0.2) is 5.78 Å². The van der Waals surface area contributed by atoms with Crippen LogP contribution >= 0.6 is 22.6 Å². The first-order valence-electron chi connectivity index (χ1n) is 10.3. The van der Waals surface area contributed by atoms with E-state index in [1.807, 2.05) is 60.7 Å². The predicted octanol–water partition coefficient (Wildman–Crippen LogP) is 6.56. The van der Waals surface area contributed by atoms with Gasteiger partial charge in [-0.3, -0.25) is 4.79 Å². The second-order valence-electron chi connectivity index (χ2n) is 7.40. The fraction of sp³-hybridized carbons (Fsp3) is 0.0714. The highest BCUT2D eigenvalue weighted by molar-refractivity contribution is 14.1. The minimum Gasteiger partial charge on any atom is -0.465 e. The molecule has 1 heterocycles. The maximum atomic E-state index is 13.8. The summed E-state index contributed by atoms with van der Waals surface area (Å²) in [5.41, 5.74) is 3.03. The summed E-state index contributed by atoms with van der Waals surface area (Å²) in [6.45, 7) is 3.98. The van der Waals surface area contributed by atoms with Gasteiger partial charge in [-0.25, -0.2) is 4.79 Å². The summed E-state index contributed by atoms with van der Waals surface area (Å²) < 4.78 is 12.4. The number of ketones is 1. The molecule has 0 saturated carbocycles. The Balaban J connectivity index is 1.99. The molecule has 0 fully saturated rings. The predicted molar refractivity (Wildman–Crippen MR) is 137 cm³/mol. The van der Waals surface area contributed by atoms with E-state index in [4.69, 9.17) is 9.15 Å². The molecule has 4 rings (SSSR count). The largest absolute Gasteiger partial charge is 0.465 e. The Morgan fingerprint density at radius 3 is 2.12 bits per heavy atom. The maximum absolute atomic E-state index is 13.8. The van der Waals surface area contributed by atoms with Gasteiger partial charge in [0.1, 0.15) is 11.5 Å². The normalized spacial score (nSPS) is 10.6. The summed E-state index contributed by atoms with van der Waals surface area (Å²) in [4.78, 5) is 26.3. The van der Waals surface area contributed by atoms with Gasteiger partial charge >= 0.3 is 5.97 Å². The topological polar surface area (TPSA) is 56.5 Å². The van der Waals surface area contributed by atoms with Crippen LogP contribution in [0.1, 0.15) is 32.8 Å². The quantitative estimate of drug-likeness (QED) is 0.114. The molecule has 1 aromatic heterocycles. The highest BCUT2D eigenvalue weighted by Crippen LogP contribution is 2.38. The Bertz CT molecular complexity index is 1320. The third-order valence-electron chi connectivity index (χ3n) is 5.32. The Labute approximate surface area is 206 Å². The lowest BCUT2D eigenvalue weighted by Gasteiger charge is -2.09. The first kappa shape index (κ1) is 22.7. The molecule has 4 nitrogen and oxygen atoms in total. The highest BCUT2D eigenvalue weighted by Gasteiger charge is 2.31. The number of hydrogen-bond donors (Lipinski definition) is 0. The number of esters is 1. The zero-order chi connectivity index (χ0) is 23.4. The van der Waals surface area contributed by atoms with Crippen molar-refractivity contribution in [2.45, 2.75) is 6.42 Å². The fourth-order valence-electron chi connectivity index (χ4n) is 3.71. The Hall–Kier alpha value is -3.45. The smallest absolute Gasteiger partial charge is 0.338 e. The number of ether oxygens (including phenoxy) is 1. The van der Waals surface area contributed by atoms with E-state index in [0.29, 0.717) is 34.6 Å². The van der Waals surface area contributed by atoms with Crippen LogP contribution in [0.15, 0.2) is 95.9 Å². The van der Waals surface area contributed by atoms with Crippen LogP contribution in [0.25, 0.3) is 16.9 Å². The van der Waals surface area contributed by atoms with Gasteiger partial charge in [0.2, 0.25) is 0 Å². The molecular weight excluding hydrogens is 527 g/mol. The molecule has 0 aliphatic carbocycles. The van der Waals surface area contributed by atoms with Crippen molar-refractivity contribution in [3.63, 3.8) is 0 Å². The number of methoxy groups -OCH3 is 1. The number of furan rings is 1. The van der Waals surface area contributed by atoms with Crippen LogP contribution in [0, 0.1) is 3.57 Å². The van der Waals surface area contributed by atoms with Crippen LogP contribution in [0.5, 0.6) is 0 Å². The monoisotopic (exact) mass is 548 g/mol. The molecular formula is C28H21IO4. The fourth-order valence-corrected chi connectivity index (χ4v) is 4.28. The minimum atomic E-state index is -0.610. The van der Waals surface area contributed by atoms with Crippen molar-refractivity contribution >= 4 is 39.9 Å². The van der Waals surface area contributed by atoms with Crippen molar-refractivity contribution in [2.75, 3.05) is 7.11 Å². The number of halogens is 1. The Morgan fingerprint density at radius 2 is 1.48 bits per heavy atom. The first-order chi connectivity index (χ1) is 16.0. The van der Waals surface area contributed by atoms with Crippen molar-refractivity contribution in [3.05, 3.63) is 123 Å². The molecule has 0 aliphatic rings. The van der Waals surface area contributed by atoms with Crippen molar-refractivity contribution < 1.29 is 18.7 Å². The lowest BCUT2D eigenvalue weighted by molar-refractivity contribution is -0.133. The van der Waals surface area contributed by atoms with Gasteiger partial charge in [0.25, 0.3) is 0 Å². The molecule has 0 atom stereocenters. The first-order valence-corrected chi connectivity index (χ1v) is 11.4. The van der Waals surface area contributed by atoms with Crippen molar-refractivity contribution in [1.29, 1.82) is 0 Å². The van der Waals surface area contributed by atoms with Crippen LogP contribution < -0.4 is 0 Å². The highest BCUT2D eigenvalue weighted by atomic mass is 127. The van der Waals surface area contributed by atoms with Crippen LogP contribution in [-0.4, -0.2) is 18.9 Å². The number of hydrogen-bond acceptors (Lipinski definition) is 4. The van der Waals surface area contributed by atoms with E-state index in [2.05, 4.69) is 29.2 Å². The molecule has 33 heavy (non-hydrogen) atoms. The van der Waals surface area contributed by atoms with E-state index in [0.717, 1.165) is 14.7 Å². The third kappa shape index (κ3) is 4.68. The van der Waals surface area contributed by atoms with E-state index in [9.17, 15) is 9.59 Å². The third-order valence-corrected chi connectivity index (χ3v) is 6.37. The summed E-state index contributed by atoms with van der Waals surface area (Å²) in [5, 5.41) is 0. The molecule has 164 valence electrons. The lowest BCUT2D eigenvalue weighted by Crippen LogP contribution is -2.10. The zero-order valence-corrected chi connectivity index (χ0v) is 20.2. The van der Waals surface area contributed by atoms with E-state index in [-0.39, 0.29) is 11.4 Å². The molecule has 4 aromatic rings. The van der Waals surface area contributed by atoms with Gasteiger partial charge < -0.3 is 9.15 Å². The van der Waals surface area contributed by atoms with Crippen molar-refractivity contribution in [2.24, 2.45) is 0 Å². The molecule has 0 unspecified atom stereocenters. The molecule has 0 bridgehead atoms. The van der Waals surface area contributed by atoms with Crippen molar-refractivity contribution in [1.82, 2.24) is 0 Å². The standard InChI is InChI=1S/C28H21IO4/c1-18(28(31)32-2)24-23(17-21-15-9-10-16-22(21)29)33-27(20-13-7-4-8-14-20)25(24)26(30)19-11-5-3-6-12-19/h3-16H,1,17H2,2H3. The molecule has 0 saturated heterocycles. The molecule has 0 aliphatic heterocycles. The lowest BCUT2D eigenvalue weighted by atomic mass is 9.91. The van der Waals surface area contributed by atoms with Gasteiger partial charge in [-0.15, -0.1) is 0 Å². The van der Waals surface area contributed by atoms with Gasteiger partial charge in [-0.05, 0) is 34.2 Å². The number of carbonyl (C=O) groups excluding carboxylic acids is 2. The van der Waals surface area contributed by atoms with Crippen LogP contribution in [0.2, 0.25) is 0 Å². The second-order valence-corrected chi connectivity index (χ2v) is 8.57. The number of carbonyl (C=O) groups is 2. The van der Waals surface area contributed by atoms with Gasteiger partial charge in [0.05, 0.1) is 18.2 Å². The number of rotatable bonds is 7. The van der Waals surface area contributed by atoms with Crippen LogP contribution in [0.4, 0.5) is 0 Å². The number of benzene rings is 3. The van der Waals surface area contributed by atoms with Gasteiger partial charge in [-0.1, -0.05) is 85.4 Å². The van der Waals surface area contributed by atoms with E-state index >= 15 is 0 Å². The summed E-state index contributed by atoms with van der Waals surface area (Å²) in [6, 6.07) is 26.3. The van der Waals surface area contributed by atoms with Crippen LogP contribution in [0.3, 0.4) is 0 Å². The van der Waals surface area contributed by atoms with E-state index in [1.54, 1.807) is 24.3 Å². The Kier molecular flexibility index (Phi) is 6.89. The summed E-state index contributed by atoms with van der Waals surface area (Å²) in [6.07, 6.45) is 0.395. The minimum absolute atomic E-state index is 0.0867. The average Bonchev–Trinajstić information content (AvgIpc) is 3.24.